The van der Waals surface area contributed by atoms with Gasteiger partial charge in [0.1, 0.15) is 6.10 Å². The Hall–Kier alpha value is -2.44. The van der Waals surface area contributed by atoms with Gasteiger partial charge < -0.3 is 20.3 Å². The summed E-state index contributed by atoms with van der Waals surface area (Å²) in [6.45, 7) is 6.34. The number of carbonyl (C=O) groups excluding carboxylic acids is 2. The van der Waals surface area contributed by atoms with E-state index in [2.05, 4.69) is 86.8 Å². The molecule has 0 aromatic carbocycles. The van der Waals surface area contributed by atoms with Crippen molar-refractivity contribution < 1.29 is 24.5 Å². The summed E-state index contributed by atoms with van der Waals surface area (Å²) in [5.74, 6) is -0.505. The summed E-state index contributed by atoms with van der Waals surface area (Å²) in [6.07, 6.45) is 59.9. The normalized spacial score (nSPS) is 13.7. The maximum atomic E-state index is 13.2. The van der Waals surface area contributed by atoms with E-state index >= 15 is 0 Å². The van der Waals surface area contributed by atoms with Crippen LogP contribution in [0.25, 0.3) is 0 Å². The van der Waals surface area contributed by atoms with Crippen LogP contribution in [-0.4, -0.2) is 46.9 Å². The van der Waals surface area contributed by atoms with Crippen LogP contribution in [0.2, 0.25) is 0 Å². The van der Waals surface area contributed by atoms with Crippen LogP contribution in [0.15, 0.2) is 60.8 Å². The molecule has 0 rings (SSSR count). The van der Waals surface area contributed by atoms with Gasteiger partial charge in [-0.05, 0) is 89.9 Å². The number of esters is 1. The maximum absolute atomic E-state index is 13.2. The third kappa shape index (κ3) is 44.0. The highest BCUT2D eigenvalue weighted by Crippen LogP contribution is 2.18. The molecule has 0 radical (unpaired) electrons. The molecule has 6 nitrogen and oxygen atoms in total. The second-order valence-corrected chi connectivity index (χ2v) is 17.5. The minimum absolute atomic E-state index is 0.0620. The molecule has 0 fully saturated rings. The van der Waals surface area contributed by atoms with E-state index in [1.807, 2.05) is 0 Å². The van der Waals surface area contributed by atoms with E-state index in [4.69, 9.17) is 4.74 Å². The van der Waals surface area contributed by atoms with Gasteiger partial charge >= 0.3 is 5.97 Å². The van der Waals surface area contributed by atoms with Gasteiger partial charge in [0.25, 0.3) is 0 Å². The summed E-state index contributed by atoms with van der Waals surface area (Å²) in [4.78, 5) is 26.1. The number of allylic oxidation sites excluding steroid dienone is 10. The van der Waals surface area contributed by atoms with Gasteiger partial charge in [0.05, 0.1) is 25.2 Å². The SMILES string of the molecule is CC/C=C/C/C=C/C/C=C/CCCCCCC(=O)OC(CCCCCCCCC/C=C\C/C=C\CCCCC)CC(=O)NC(CO)C(O)CCCCCCCCCCCCC. The molecular weight excluding hydrogens is 755 g/mol. The molecule has 0 aliphatic heterocycles. The Labute approximate surface area is 378 Å². The largest absolute Gasteiger partial charge is 0.462 e. The standard InChI is InChI=1S/C55H99NO5/c1-4-7-10-13-16-19-22-24-26-27-28-29-32-34-37-40-43-46-51(61-55(60)48-45-42-39-36-33-30-25-23-20-17-14-11-8-5-2)49-54(59)56-52(50-57)53(58)47-44-41-38-35-31-21-18-15-12-9-6-3/h8,11,16-17,19-20,24-26,30,51-53,57-58H,4-7,9-10,12-15,18,21-23,27-29,31-50H2,1-3H3,(H,56,59)/b11-8+,19-16-,20-17+,26-24-,30-25+. The van der Waals surface area contributed by atoms with Gasteiger partial charge in [0.15, 0.2) is 0 Å². The first kappa shape index (κ1) is 58.6. The van der Waals surface area contributed by atoms with E-state index in [-0.39, 0.29) is 24.9 Å². The Morgan fingerprint density at radius 1 is 0.492 bits per heavy atom. The van der Waals surface area contributed by atoms with Crippen molar-refractivity contribution in [2.45, 2.75) is 270 Å². The van der Waals surface area contributed by atoms with Crippen LogP contribution in [0.4, 0.5) is 0 Å². The molecule has 3 N–H and O–H groups in total. The number of hydrogen-bond donors (Lipinski definition) is 3. The van der Waals surface area contributed by atoms with Crippen LogP contribution < -0.4 is 5.32 Å². The van der Waals surface area contributed by atoms with Gasteiger partial charge in [0, 0.05) is 6.42 Å². The average Bonchev–Trinajstić information content (AvgIpc) is 3.25. The number of amides is 1. The minimum Gasteiger partial charge on any atom is -0.462 e. The van der Waals surface area contributed by atoms with E-state index in [0.29, 0.717) is 19.3 Å². The molecule has 1 amide bonds. The second-order valence-electron chi connectivity index (χ2n) is 17.5. The van der Waals surface area contributed by atoms with Crippen molar-refractivity contribution in [3.63, 3.8) is 0 Å². The summed E-state index contributed by atoms with van der Waals surface area (Å²) in [5, 5.41) is 23.7. The number of unbranched alkanes of at least 4 members (excludes halogenated alkanes) is 24. The van der Waals surface area contributed by atoms with Crippen molar-refractivity contribution in [2.24, 2.45) is 0 Å². The van der Waals surface area contributed by atoms with Crippen molar-refractivity contribution in [1.29, 1.82) is 0 Å². The van der Waals surface area contributed by atoms with Crippen molar-refractivity contribution in [2.75, 3.05) is 6.61 Å². The lowest BCUT2D eigenvalue weighted by atomic mass is 10.0. The molecule has 354 valence electrons. The van der Waals surface area contributed by atoms with Crippen molar-refractivity contribution in [1.82, 2.24) is 5.32 Å². The Kier molecular flexibility index (Phi) is 46.6. The molecule has 0 aliphatic carbocycles. The molecule has 3 atom stereocenters. The van der Waals surface area contributed by atoms with Gasteiger partial charge in [-0.25, -0.2) is 0 Å². The van der Waals surface area contributed by atoms with Gasteiger partial charge in [0.2, 0.25) is 5.91 Å². The lowest BCUT2D eigenvalue weighted by Gasteiger charge is -2.24. The summed E-state index contributed by atoms with van der Waals surface area (Å²) < 4.78 is 5.93. The van der Waals surface area contributed by atoms with Crippen molar-refractivity contribution in [3.8, 4) is 0 Å². The van der Waals surface area contributed by atoms with Crippen LogP contribution in [0.5, 0.6) is 0 Å². The summed E-state index contributed by atoms with van der Waals surface area (Å²) in [6, 6.07) is -0.709. The predicted molar refractivity (Wildman–Crippen MR) is 264 cm³/mol. The Balaban J connectivity index is 4.64. The fraction of sp³-hybridized carbons (Fsp3) is 0.782. The van der Waals surface area contributed by atoms with Crippen LogP contribution in [0.1, 0.15) is 252 Å². The first-order valence-electron chi connectivity index (χ1n) is 26.0. The predicted octanol–water partition coefficient (Wildman–Crippen LogP) is 15.6. The lowest BCUT2D eigenvalue weighted by molar-refractivity contribution is -0.151. The van der Waals surface area contributed by atoms with E-state index < -0.39 is 18.2 Å². The molecule has 0 aliphatic rings. The van der Waals surface area contributed by atoms with Gasteiger partial charge in [-0.2, -0.15) is 0 Å². The van der Waals surface area contributed by atoms with E-state index in [1.165, 1.54) is 103 Å². The molecule has 0 aromatic rings. The summed E-state index contributed by atoms with van der Waals surface area (Å²) >= 11 is 0. The highest BCUT2D eigenvalue weighted by atomic mass is 16.5. The number of aliphatic hydroxyl groups excluding tert-OH is 2. The fourth-order valence-corrected chi connectivity index (χ4v) is 7.65. The molecular formula is C55H99NO5. The first-order chi connectivity index (χ1) is 30.0. The zero-order valence-electron chi connectivity index (χ0n) is 40.3. The zero-order chi connectivity index (χ0) is 44.5. The molecule has 0 saturated heterocycles. The van der Waals surface area contributed by atoms with E-state index in [1.54, 1.807) is 0 Å². The third-order valence-electron chi connectivity index (χ3n) is 11.6. The number of aliphatic hydroxyl groups is 2. The van der Waals surface area contributed by atoms with Gasteiger partial charge in [-0.1, -0.05) is 210 Å². The lowest BCUT2D eigenvalue weighted by Crippen LogP contribution is -2.46. The number of ether oxygens (including phenoxy) is 1. The van der Waals surface area contributed by atoms with E-state index in [0.717, 1.165) is 103 Å². The van der Waals surface area contributed by atoms with Gasteiger partial charge in [-0.15, -0.1) is 0 Å². The first-order valence-corrected chi connectivity index (χ1v) is 26.0. The monoisotopic (exact) mass is 854 g/mol. The summed E-state index contributed by atoms with van der Waals surface area (Å²) in [5.41, 5.74) is 0. The quantitative estimate of drug-likeness (QED) is 0.0322. The van der Waals surface area contributed by atoms with Crippen LogP contribution in [-0.2, 0) is 14.3 Å². The number of nitrogens with one attached hydrogen (secondary N) is 1. The smallest absolute Gasteiger partial charge is 0.306 e. The highest BCUT2D eigenvalue weighted by Gasteiger charge is 2.24. The Bertz CT molecular complexity index is 1090. The fourth-order valence-electron chi connectivity index (χ4n) is 7.65. The van der Waals surface area contributed by atoms with Crippen LogP contribution in [0, 0.1) is 0 Å². The molecule has 0 bridgehead atoms. The van der Waals surface area contributed by atoms with Gasteiger partial charge in [-0.3, -0.25) is 9.59 Å². The second kappa shape index (κ2) is 48.6. The van der Waals surface area contributed by atoms with Crippen molar-refractivity contribution in [3.05, 3.63) is 60.8 Å². The molecule has 3 unspecified atom stereocenters. The average molecular weight is 854 g/mol. The van der Waals surface area contributed by atoms with E-state index in [9.17, 15) is 19.8 Å². The molecule has 0 spiro atoms. The third-order valence-corrected chi connectivity index (χ3v) is 11.6. The van der Waals surface area contributed by atoms with Crippen LogP contribution in [0.3, 0.4) is 0 Å². The molecule has 61 heavy (non-hydrogen) atoms. The van der Waals surface area contributed by atoms with Crippen LogP contribution >= 0.6 is 0 Å². The maximum Gasteiger partial charge on any atom is 0.306 e. The number of rotatable bonds is 46. The minimum atomic E-state index is -0.794. The molecule has 6 heteroatoms. The topological polar surface area (TPSA) is 95.9 Å². The zero-order valence-corrected chi connectivity index (χ0v) is 40.3. The molecule has 0 saturated carbocycles. The highest BCUT2D eigenvalue weighted by molar-refractivity contribution is 5.77. The molecule has 0 heterocycles. The number of carbonyl (C=O) groups is 2. The Morgan fingerprint density at radius 2 is 0.885 bits per heavy atom. The summed E-state index contributed by atoms with van der Waals surface area (Å²) in [7, 11) is 0. The number of hydrogen-bond acceptors (Lipinski definition) is 5. The van der Waals surface area contributed by atoms with Crippen molar-refractivity contribution >= 4 is 11.9 Å². The molecule has 0 aromatic heterocycles. The Morgan fingerprint density at radius 3 is 1.38 bits per heavy atom.